The molecule has 0 saturated heterocycles. The molecule has 0 radical (unpaired) electrons. The highest BCUT2D eigenvalue weighted by Gasteiger charge is 2.15. The zero-order valence-corrected chi connectivity index (χ0v) is 17.5. The van der Waals surface area contributed by atoms with Crippen LogP contribution < -0.4 is 9.47 Å². The Kier molecular flexibility index (Phi) is 5.43. The quantitative estimate of drug-likeness (QED) is 0.485. The summed E-state index contributed by atoms with van der Waals surface area (Å²) in [5.41, 5.74) is 6.75. The number of aryl methyl sites for hydroxylation is 2. The molecule has 30 heavy (non-hydrogen) atoms. The molecule has 0 saturated carbocycles. The van der Waals surface area contributed by atoms with E-state index in [-0.39, 0.29) is 6.01 Å². The van der Waals surface area contributed by atoms with E-state index in [2.05, 4.69) is 74.4 Å². The fraction of sp³-hybridized carbons (Fsp3) is 0.217. The van der Waals surface area contributed by atoms with Gasteiger partial charge in [-0.15, -0.1) is 5.10 Å². The lowest BCUT2D eigenvalue weighted by Crippen LogP contribution is -2.00. The van der Waals surface area contributed by atoms with Crippen LogP contribution in [0.1, 0.15) is 16.8 Å². The number of aromatic nitrogens is 5. The SMILES string of the molecule is COc1ncc(-c2cc(-c3ccn(Cc4cccc(C)c4)c3)c(C)nn2)c(OC)n1. The summed E-state index contributed by atoms with van der Waals surface area (Å²) in [6.07, 6.45) is 5.84. The summed E-state index contributed by atoms with van der Waals surface area (Å²) in [6, 6.07) is 12.8. The Bertz CT molecular complexity index is 1190. The monoisotopic (exact) mass is 401 g/mol. The molecule has 0 spiro atoms. The van der Waals surface area contributed by atoms with Crippen LogP contribution >= 0.6 is 0 Å². The molecule has 4 aromatic rings. The number of ether oxygens (including phenoxy) is 2. The van der Waals surface area contributed by atoms with Crippen molar-refractivity contribution in [2.75, 3.05) is 14.2 Å². The van der Waals surface area contributed by atoms with Crippen LogP contribution in [0.25, 0.3) is 22.4 Å². The zero-order valence-electron chi connectivity index (χ0n) is 17.5. The average Bonchev–Trinajstić information content (AvgIpc) is 3.22. The largest absolute Gasteiger partial charge is 0.480 e. The van der Waals surface area contributed by atoms with Crippen LogP contribution in [0.4, 0.5) is 0 Å². The number of rotatable bonds is 6. The summed E-state index contributed by atoms with van der Waals surface area (Å²) >= 11 is 0. The molecule has 3 heterocycles. The fourth-order valence-corrected chi connectivity index (χ4v) is 3.38. The Morgan fingerprint density at radius 2 is 1.83 bits per heavy atom. The van der Waals surface area contributed by atoms with E-state index >= 15 is 0 Å². The maximum atomic E-state index is 5.40. The summed E-state index contributed by atoms with van der Waals surface area (Å²) < 4.78 is 12.6. The molecule has 1 aromatic carbocycles. The van der Waals surface area contributed by atoms with Crippen LogP contribution in [0.15, 0.2) is 55.0 Å². The Balaban J connectivity index is 1.67. The van der Waals surface area contributed by atoms with Crippen LogP contribution in [0, 0.1) is 13.8 Å². The molecular weight excluding hydrogens is 378 g/mol. The van der Waals surface area contributed by atoms with Gasteiger partial charge in [0, 0.05) is 36.3 Å². The molecule has 0 aliphatic heterocycles. The molecule has 0 bridgehead atoms. The first-order valence-corrected chi connectivity index (χ1v) is 9.59. The lowest BCUT2D eigenvalue weighted by Gasteiger charge is -2.09. The molecule has 152 valence electrons. The minimum absolute atomic E-state index is 0.240. The van der Waals surface area contributed by atoms with Gasteiger partial charge in [0.2, 0.25) is 5.88 Å². The van der Waals surface area contributed by atoms with E-state index in [4.69, 9.17) is 9.47 Å². The first-order valence-electron chi connectivity index (χ1n) is 9.59. The number of hydrogen-bond donors (Lipinski definition) is 0. The van der Waals surface area contributed by atoms with Crippen molar-refractivity contribution in [1.29, 1.82) is 0 Å². The Morgan fingerprint density at radius 3 is 2.60 bits per heavy atom. The molecular formula is C23H23N5O2. The third-order valence-electron chi connectivity index (χ3n) is 4.87. The lowest BCUT2D eigenvalue weighted by molar-refractivity contribution is 0.353. The maximum absolute atomic E-state index is 5.40. The summed E-state index contributed by atoms with van der Waals surface area (Å²) in [7, 11) is 3.07. The second kappa shape index (κ2) is 8.32. The first kappa shape index (κ1) is 19.6. The van der Waals surface area contributed by atoms with Gasteiger partial charge >= 0.3 is 6.01 Å². The van der Waals surface area contributed by atoms with Crippen LogP contribution in [-0.4, -0.2) is 39.0 Å². The van der Waals surface area contributed by atoms with E-state index in [1.54, 1.807) is 13.3 Å². The van der Waals surface area contributed by atoms with Crippen molar-refractivity contribution >= 4 is 0 Å². The van der Waals surface area contributed by atoms with Crippen LogP contribution in [0.3, 0.4) is 0 Å². The third-order valence-corrected chi connectivity index (χ3v) is 4.87. The number of benzene rings is 1. The van der Waals surface area contributed by atoms with E-state index in [1.165, 1.54) is 18.2 Å². The van der Waals surface area contributed by atoms with Gasteiger partial charge in [0.1, 0.15) is 5.69 Å². The Morgan fingerprint density at radius 1 is 0.967 bits per heavy atom. The lowest BCUT2D eigenvalue weighted by atomic mass is 10.1. The molecule has 0 atom stereocenters. The second-order valence-corrected chi connectivity index (χ2v) is 7.07. The Hall–Kier alpha value is -3.74. The fourth-order valence-electron chi connectivity index (χ4n) is 3.38. The van der Waals surface area contributed by atoms with Crippen molar-refractivity contribution in [3.05, 3.63) is 71.8 Å². The average molecular weight is 401 g/mol. The van der Waals surface area contributed by atoms with Gasteiger partial charge in [-0.2, -0.15) is 10.1 Å². The zero-order chi connectivity index (χ0) is 21.1. The summed E-state index contributed by atoms with van der Waals surface area (Å²) in [5.74, 6) is 0.392. The van der Waals surface area contributed by atoms with Crippen molar-refractivity contribution in [3.8, 4) is 34.3 Å². The highest BCUT2D eigenvalue weighted by atomic mass is 16.5. The summed E-state index contributed by atoms with van der Waals surface area (Å²) in [4.78, 5) is 8.42. The normalized spacial score (nSPS) is 10.8. The molecule has 0 aliphatic carbocycles. The Labute approximate surface area is 175 Å². The molecule has 7 heteroatoms. The van der Waals surface area contributed by atoms with Gasteiger partial charge in [-0.1, -0.05) is 29.8 Å². The van der Waals surface area contributed by atoms with Gasteiger partial charge < -0.3 is 14.0 Å². The minimum Gasteiger partial charge on any atom is -0.480 e. The molecule has 3 aromatic heterocycles. The predicted molar refractivity (Wildman–Crippen MR) is 115 cm³/mol. The van der Waals surface area contributed by atoms with Gasteiger partial charge in [-0.05, 0) is 31.5 Å². The molecule has 4 rings (SSSR count). The van der Waals surface area contributed by atoms with Gasteiger partial charge in [-0.3, -0.25) is 0 Å². The highest BCUT2D eigenvalue weighted by molar-refractivity contribution is 5.73. The molecule has 0 aliphatic rings. The van der Waals surface area contributed by atoms with E-state index < -0.39 is 0 Å². The molecule has 0 fully saturated rings. The molecule has 0 unspecified atom stereocenters. The summed E-state index contributed by atoms with van der Waals surface area (Å²) in [5, 5.41) is 8.68. The van der Waals surface area contributed by atoms with E-state index in [9.17, 15) is 0 Å². The topological polar surface area (TPSA) is 75.0 Å². The number of hydrogen-bond acceptors (Lipinski definition) is 6. The minimum atomic E-state index is 0.240. The van der Waals surface area contributed by atoms with Gasteiger partial charge in [0.15, 0.2) is 0 Å². The van der Waals surface area contributed by atoms with Crippen molar-refractivity contribution in [2.24, 2.45) is 0 Å². The number of nitrogens with zero attached hydrogens (tertiary/aromatic N) is 5. The van der Waals surface area contributed by atoms with Crippen molar-refractivity contribution in [2.45, 2.75) is 20.4 Å². The van der Waals surface area contributed by atoms with Crippen molar-refractivity contribution < 1.29 is 9.47 Å². The van der Waals surface area contributed by atoms with E-state index in [0.717, 1.165) is 23.4 Å². The third kappa shape index (κ3) is 4.00. The predicted octanol–water partition coefficient (Wildman–Crippen LogP) is 4.08. The summed E-state index contributed by atoms with van der Waals surface area (Å²) in [6.45, 7) is 4.87. The van der Waals surface area contributed by atoms with Crippen LogP contribution in [0.2, 0.25) is 0 Å². The highest BCUT2D eigenvalue weighted by Crippen LogP contribution is 2.31. The molecule has 0 amide bonds. The number of methoxy groups -OCH3 is 2. The first-order chi connectivity index (χ1) is 14.6. The van der Waals surface area contributed by atoms with Gasteiger partial charge in [0.25, 0.3) is 0 Å². The second-order valence-electron chi connectivity index (χ2n) is 7.07. The van der Waals surface area contributed by atoms with Crippen molar-refractivity contribution in [3.63, 3.8) is 0 Å². The van der Waals surface area contributed by atoms with Gasteiger partial charge in [0.05, 0.1) is 25.5 Å². The molecule has 7 nitrogen and oxygen atoms in total. The molecule has 0 N–H and O–H groups in total. The van der Waals surface area contributed by atoms with Crippen LogP contribution in [0.5, 0.6) is 11.9 Å². The van der Waals surface area contributed by atoms with Crippen molar-refractivity contribution in [1.82, 2.24) is 24.7 Å². The maximum Gasteiger partial charge on any atom is 0.319 e. The van der Waals surface area contributed by atoms with E-state index in [1.807, 2.05) is 13.0 Å². The standard InChI is InChI=1S/C23H23N5O2/c1-15-6-5-7-17(10-15)13-28-9-8-18(14-28)19-11-21(27-26-16(19)2)20-12-24-23(30-4)25-22(20)29-3/h5-12,14H,13H2,1-4H3. The van der Waals surface area contributed by atoms with E-state index in [0.29, 0.717) is 17.1 Å². The smallest absolute Gasteiger partial charge is 0.319 e. The van der Waals surface area contributed by atoms with Gasteiger partial charge in [-0.25, -0.2) is 4.98 Å². The van der Waals surface area contributed by atoms with Crippen LogP contribution in [-0.2, 0) is 6.54 Å².